The van der Waals surface area contributed by atoms with Crippen LogP contribution in [0.15, 0.2) is 42.5 Å². The lowest BCUT2D eigenvalue weighted by Gasteiger charge is -2.30. The van der Waals surface area contributed by atoms with E-state index in [4.69, 9.17) is 9.84 Å². The number of thioether (sulfide) groups is 1. The fourth-order valence-corrected chi connectivity index (χ4v) is 4.17. The largest absolute Gasteiger partial charge is 0.796 e. The van der Waals surface area contributed by atoms with Gasteiger partial charge in [0.15, 0.2) is 0 Å². The predicted molar refractivity (Wildman–Crippen MR) is 151 cm³/mol. The first-order valence-corrected chi connectivity index (χ1v) is 14.4. The van der Waals surface area contributed by atoms with Gasteiger partial charge in [-0.15, -0.1) is 9.02 Å². The summed E-state index contributed by atoms with van der Waals surface area (Å²) < 4.78 is 13.7. The lowest BCUT2D eigenvalue weighted by atomic mass is 10.1. The lowest BCUT2D eigenvalue weighted by molar-refractivity contribution is -1.03. The van der Waals surface area contributed by atoms with E-state index in [-0.39, 0.29) is 18.4 Å². The molecule has 2 N–H and O–H groups in total. The Balaban J connectivity index is 0.000000888. The van der Waals surface area contributed by atoms with Gasteiger partial charge in [0, 0.05) is 17.7 Å². The molecular formula is C25H41N3O4S3. The topological polar surface area (TPSA) is 92.5 Å². The Labute approximate surface area is 224 Å². The Bertz CT molecular complexity index is 810. The van der Waals surface area contributed by atoms with E-state index in [9.17, 15) is 10.0 Å². The van der Waals surface area contributed by atoms with Gasteiger partial charge in [-0.2, -0.15) is 10.6 Å². The molecule has 2 heterocycles. The summed E-state index contributed by atoms with van der Waals surface area (Å²) in [7, 11) is 0. The van der Waals surface area contributed by atoms with Crippen molar-refractivity contribution in [3.63, 3.8) is 0 Å². The number of nitrogens with zero attached hydrogens (tertiary/aromatic N) is 3. The number of amides is 1. The fourth-order valence-electron chi connectivity index (χ4n) is 3.00. The number of unbranched alkanes of at least 4 members (excludes halogenated alkanes) is 3. The Morgan fingerprint density at radius 3 is 2.60 bits per heavy atom. The van der Waals surface area contributed by atoms with E-state index in [1.54, 1.807) is 18.4 Å². The van der Waals surface area contributed by atoms with E-state index in [1.807, 2.05) is 44.2 Å². The molecule has 0 saturated heterocycles. The number of hydroxylamine groups is 3. The molecule has 1 aromatic rings. The molecule has 0 radical (unpaired) electrons. The summed E-state index contributed by atoms with van der Waals surface area (Å²) in [4.78, 5) is 12.2. The van der Waals surface area contributed by atoms with Gasteiger partial charge >= 0.3 is 5.24 Å². The zero-order valence-electron chi connectivity index (χ0n) is 21.4. The van der Waals surface area contributed by atoms with Crippen molar-refractivity contribution in [1.82, 2.24) is 8.75 Å². The average Bonchev–Trinajstić information content (AvgIpc) is 3.34. The van der Waals surface area contributed by atoms with Crippen molar-refractivity contribution in [2.75, 3.05) is 38.3 Å². The number of aliphatic hydroxyl groups excluding tert-OH is 1. The van der Waals surface area contributed by atoms with Crippen LogP contribution in [0.2, 0.25) is 0 Å². The van der Waals surface area contributed by atoms with Gasteiger partial charge in [0.25, 0.3) is 5.88 Å². The lowest BCUT2D eigenvalue weighted by Crippen LogP contribution is -2.51. The van der Waals surface area contributed by atoms with Crippen molar-refractivity contribution >= 4 is 46.9 Å². The van der Waals surface area contributed by atoms with E-state index in [0.29, 0.717) is 36.9 Å². The zero-order valence-corrected chi connectivity index (χ0v) is 23.8. The maximum atomic E-state index is 12.2. The van der Waals surface area contributed by atoms with Crippen LogP contribution < -0.4 is 4.74 Å². The van der Waals surface area contributed by atoms with E-state index < -0.39 is 4.65 Å². The summed E-state index contributed by atoms with van der Waals surface area (Å²) in [5.74, 6) is 1.18. The minimum atomic E-state index is -0.572. The molecule has 0 bridgehead atoms. The Morgan fingerprint density at radius 2 is 1.94 bits per heavy atom. The van der Waals surface area contributed by atoms with Crippen LogP contribution in [0.25, 0.3) is 5.57 Å². The van der Waals surface area contributed by atoms with E-state index in [1.165, 1.54) is 12.8 Å². The quantitative estimate of drug-likeness (QED) is 0.112. The van der Waals surface area contributed by atoms with E-state index in [0.717, 1.165) is 41.9 Å². The molecule has 0 aliphatic carbocycles. The monoisotopic (exact) mass is 543 g/mol. The molecule has 1 aromatic heterocycles. The van der Waals surface area contributed by atoms with E-state index >= 15 is 0 Å². The zero-order chi connectivity index (χ0) is 26.4. The predicted octanol–water partition coefficient (Wildman–Crippen LogP) is 6.19. The van der Waals surface area contributed by atoms with Crippen molar-refractivity contribution in [3.8, 4) is 5.88 Å². The van der Waals surface area contributed by atoms with Gasteiger partial charge in [-0.3, -0.25) is 0 Å². The van der Waals surface area contributed by atoms with Crippen LogP contribution in [0, 0.1) is 0 Å². The first-order chi connectivity index (χ1) is 17.0. The Hall–Kier alpha value is -1.43. The van der Waals surface area contributed by atoms with Crippen LogP contribution in [0.1, 0.15) is 58.6 Å². The molecule has 2 rings (SSSR count). The number of allylic oxidation sites excluding steroid dienone is 5. The maximum Gasteiger partial charge on any atom is 0.407 e. The van der Waals surface area contributed by atoms with Gasteiger partial charge in [0.1, 0.15) is 18.8 Å². The molecular weight excluding hydrogens is 502 g/mol. The molecule has 198 valence electrons. The van der Waals surface area contributed by atoms with Crippen LogP contribution >= 0.6 is 23.5 Å². The average molecular weight is 544 g/mol. The molecule has 1 aliphatic rings. The number of hydrogen-bond acceptors (Lipinski definition) is 9. The van der Waals surface area contributed by atoms with Crippen LogP contribution in [0.5, 0.6) is 5.88 Å². The third-order valence-corrected chi connectivity index (χ3v) is 6.08. The number of carbonyl (C=O) groups is 1. The molecule has 1 aliphatic heterocycles. The summed E-state index contributed by atoms with van der Waals surface area (Å²) in [6.45, 7) is 7.40. The summed E-state index contributed by atoms with van der Waals surface area (Å²) in [6.07, 6.45) is 19.9. The minimum absolute atomic E-state index is 0.111. The molecule has 0 spiro atoms. The Kier molecular flexibility index (Phi) is 20.9. The van der Waals surface area contributed by atoms with Crippen molar-refractivity contribution < 1.29 is 24.5 Å². The fraction of sp³-hybridized carbons (Fsp3) is 0.560. The highest BCUT2D eigenvalue weighted by molar-refractivity contribution is 8.13. The number of ether oxygens (including phenoxy) is 1. The molecule has 1 unspecified atom stereocenters. The van der Waals surface area contributed by atoms with Gasteiger partial charge in [-0.05, 0) is 25.1 Å². The van der Waals surface area contributed by atoms with Crippen LogP contribution in [0.4, 0.5) is 4.79 Å². The highest BCUT2D eigenvalue weighted by Gasteiger charge is 2.40. The first-order valence-electron chi connectivity index (χ1n) is 11.9. The molecule has 1 amide bonds. The number of carbonyl (C=O) groups excluding carboxylic acids is 1. The first kappa shape index (κ1) is 33.6. The normalized spacial score (nSPS) is 17.6. The van der Waals surface area contributed by atoms with Crippen LogP contribution in [-0.2, 0) is 12.6 Å². The second-order valence-electron chi connectivity index (χ2n) is 7.37. The van der Waals surface area contributed by atoms with Gasteiger partial charge in [0.05, 0.1) is 24.9 Å². The highest BCUT2D eigenvalue weighted by atomic mass is 32.2. The molecule has 35 heavy (non-hydrogen) atoms. The molecule has 0 aromatic carbocycles. The standard InChI is InChI=1S/C16H26N3O3S2.C8H12O.CH4S/c1-3-5-6-7-11-22-15-14(17-24-18-15)13-9-8-10-19(21,12-13)16(20)23-4-2;1-2-3-4-5-6-7-8-9;1-2/h9,21H,3-8,10-12H2,1-2H3;2-7,9H,8H2,1H3;2H,1H3/q+1;;/p-1/b;3-2-,5-4-,7-6+;. The summed E-state index contributed by atoms with van der Waals surface area (Å²) in [6, 6.07) is 0. The van der Waals surface area contributed by atoms with Gasteiger partial charge in [0.2, 0.25) is 0 Å². The second-order valence-corrected chi connectivity index (χ2v) is 9.11. The van der Waals surface area contributed by atoms with Crippen molar-refractivity contribution in [1.29, 1.82) is 0 Å². The van der Waals surface area contributed by atoms with Gasteiger partial charge < -0.3 is 22.5 Å². The molecule has 0 fully saturated rings. The smallest absolute Gasteiger partial charge is 0.407 e. The van der Waals surface area contributed by atoms with Crippen molar-refractivity contribution in [2.24, 2.45) is 0 Å². The number of hydrogen-bond donors (Lipinski definition) is 2. The van der Waals surface area contributed by atoms with Crippen LogP contribution in [-0.4, -0.2) is 67.3 Å². The highest BCUT2D eigenvalue weighted by Crippen LogP contribution is 2.31. The van der Waals surface area contributed by atoms with Crippen molar-refractivity contribution in [2.45, 2.75) is 52.9 Å². The third-order valence-electron chi connectivity index (χ3n) is 4.70. The number of aliphatic hydroxyl groups is 1. The van der Waals surface area contributed by atoms with Gasteiger partial charge in [-0.1, -0.05) is 75.6 Å². The minimum Gasteiger partial charge on any atom is -0.796 e. The van der Waals surface area contributed by atoms with Crippen LogP contribution in [0.3, 0.4) is 0 Å². The molecule has 10 heteroatoms. The summed E-state index contributed by atoms with van der Waals surface area (Å²) in [5, 5.41) is 18.7. The second kappa shape index (κ2) is 21.8. The summed E-state index contributed by atoms with van der Waals surface area (Å²) in [5.41, 5.74) is 1.51. The molecule has 0 saturated carbocycles. The Morgan fingerprint density at radius 1 is 1.20 bits per heavy atom. The molecule has 7 nitrogen and oxygen atoms in total. The molecule has 1 atom stereocenters. The number of rotatable bonds is 11. The van der Waals surface area contributed by atoms with Crippen molar-refractivity contribution in [3.05, 3.63) is 48.2 Å². The third kappa shape index (κ3) is 14.0. The number of aromatic nitrogens is 2. The number of quaternary nitrogens is 1. The van der Waals surface area contributed by atoms with Gasteiger partial charge in [-0.25, -0.2) is 10.0 Å². The SMILES string of the molecule is CCCCCCOc1nsnc1C1=CCC[N+](O)(C(=O)SCC)C1.C[S-].C\C=C/C=C\C=C\CO. The van der Waals surface area contributed by atoms with E-state index in [2.05, 4.69) is 28.3 Å². The summed E-state index contributed by atoms with van der Waals surface area (Å²) >= 11 is 6.34. The maximum absolute atomic E-state index is 12.2.